The molecule has 0 atom stereocenters. The Morgan fingerprint density at radius 3 is 2.50 bits per heavy atom. The molecule has 88 valence electrons. The lowest BCUT2D eigenvalue weighted by Gasteiger charge is -2.11. The summed E-state index contributed by atoms with van der Waals surface area (Å²) in [6, 6.07) is 0.893. The van der Waals surface area contributed by atoms with Gasteiger partial charge in [0.1, 0.15) is 10.8 Å². The molecule has 2 N–H and O–H groups in total. The van der Waals surface area contributed by atoms with Crippen LogP contribution >= 0.6 is 11.6 Å². The Hall–Kier alpha value is -0.885. The predicted octanol–water partition coefficient (Wildman–Crippen LogP) is 0.281. The van der Waals surface area contributed by atoms with Gasteiger partial charge in [-0.1, -0.05) is 11.6 Å². The number of halogens is 3. The van der Waals surface area contributed by atoms with Gasteiger partial charge in [-0.25, -0.2) is 8.78 Å². The Labute approximate surface area is 95.5 Å². The van der Waals surface area contributed by atoms with E-state index >= 15 is 0 Å². The van der Waals surface area contributed by atoms with E-state index in [1.54, 1.807) is 0 Å². The molecule has 0 heterocycles. The van der Waals surface area contributed by atoms with Gasteiger partial charge in [0.05, 0.1) is 0 Å². The first-order valence-electron chi connectivity index (χ1n) is 4.14. The Bertz CT molecular complexity index is 389. The Morgan fingerprint density at radius 1 is 1.38 bits per heavy atom. The molecule has 0 aliphatic carbocycles. The van der Waals surface area contributed by atoms with Gasteiger partial charge >= 0.3 is 7.12 Å². The van der Waals surface area contributed by atoms with Crippen LogP contribution in [0.4, 0.5) is 8.78 Å². The molecule has 4 nitrogen and oxygen atoms in total. The summed E-state index contributed by atoms with van der Waals surface area (Å²) in [5.41, 5.74) is -0.659. The van der Waals surface area contributed by atoms with Crippen LogP contribution in [0.15, 0.2) is 6.07 Å². The zero-order chi connectivity index (χ0) is 12.3. The van der Waals surface area contributed by atoms with Crippen LogP contribution in [0.1, 0.15) is 0 Å². The molecule has 0 saturated carbocycles. The lowest BCUT2D eigenvalue weighted by molar-refractivity contribution is 0.0509. The molecule has 0 saturated heterocycles. The second-order valence-corrected chi connectivity index (χ2v) is 3.21. The van der Waals surface area contributed by atoms with Crippen molar-refractivity contribution in [2.24, 2.45) is 0 Å². The van der Waals surface area contributed by atoms with Gasteiger partial charge in [0.25, 0.3) is 0 Å². The van der Waals surface area contributed by atoms with Gasteiger partial charge in [0.2, 0.25) is 0 Å². The number of hydrogen-bond acceptors (Lipinski definition) is 4. The minimum absolute atomic E-state index is 0.230. The lowest BCUT2D eigenvalue weighted by Crippen LogP contribution is -2.33. The van der Waals surface area contributed by atoms with Crippen LogP contribution in [0.5, 0.6) is 5.75 Å². The summed E-state index contributed by atoms with van der Waals surface area (Å²) < 4.78 is 35.7. The molecular weight excluding hydrogens is 244 g/mol. The van der Waals surface area contributed by atoms with E-state index in [1.165, 1.54) is 7.11 Å². The first kappa shape index (κ1) is 13.2. The molecule has 0 aromatic heterocycles. The maximum atomic E-state index is 13.2. The number of ether oxygens (including phenoxy) is 2. The Kier molecular flexibility index (Phi) is 4.49. The molecule has 16 heavy (non-hydrogen) atoms. The van der Waals surface area contributed by atoms with Crippen molar-refractivity contribution in [3.8, 4) is 5.75 Å². The number of methoxy groups -OCH3 is 1. The molecule has 8 heteroatoms. The highest BCUT2D eigenvalue weighted by Gasteiger charge is 2.24. The summed E-state index contributed by atoms with van der Waals surface area (Å²) in [4.78, 5) is 0. The van der Waals surface area contributed by atoms with Crippen LogP contribution in [0.2, 0.25) is 5.02 Å². The third-order valence-electron chi connectivity index (χ3n) is 1.75. The van der Waals surface area contributed by atoms with E-state index in [4.69, 9.17) is 26.4 Å². The molecule has 0 aliphatic rings. The van der Waals surface area contributed by atoms with Crippen LogP contribution in [0, 0.1) is 11.6 Å². The maximum Gasteiger partial charge on any atom is 0.491 e. The van der Waals surface area contributed by atoms with Crippen LogP contribution in [0.3, 0.4) is 0 Å². The Morgan fingerprint density at radius 2 is 2.00 bits per heavy atom. The molecule has 0 spiro atoms. The van der Waals surface area contributed by atoms with Crippen molar-refractivity contribution in [2.75, 3.05) is 13.9 Å². The van der Waals surface area contributed by atoms with Crippen molar-refractivity contribution in [3.05, 3.63) is 22.7 Å². The SMILES string of the molecule is COCOc1cc(B(O)O)c(F)c(F)c1Cl. The van der Waals surface area contributed by atoms with Gasteiger partial charge in [-0.05, 0) is 6.07 Å². The number of benzene rings is 1. The minimum atomic E-state index is -2.16. The van der Waals surface area contributed by atoms with Crippen molar-refractivity contribution in [1.82, 2.24) is 0 Å². The third kappa shape index (κ3) is 2.62. The summed E-state index contributed by atoms with van der Waals surface area (Å²) in [6.07, 6.45) is 0. The average Bonchev–Trinajstić information content (AvgIpc) is 2.24. The van der Waals surface area contributed by atoms with Crippen LogP contribution < -0.4 is 10.2 Å². The van der Waals surface area contributed by atoms with Gasteiger partial charge in [-0.2, -0.15) is 0 Å². The van der Waals surface area contributed by atoms with E-state index in [-0.39, 0.29) is 12.5 Å². The standard InChI is InChI=1S/C8H8BClF2O4/c1-15-3-16-5-2-4(9(13)14)7(11)8(12)6(5)10/h2,13-14H,3H2,1H3. The highest BCUT2D eigenvalue weighted by Crippen LogP contribution is 2.28. The third-order valence-corrected chi connectivity index (χ3v) is 2.10. The summed E-state index contributed by atoms with van der Waals surface area (Å²) >= 11 is 5.45. The maximum absolute atomic E-state index is 13.2. The van der Waals surface area contributed by atoms with E-state index in [0.29, 0.717) is 0 Å². The fourth-order valence-electron chi connectivity index (χ4n) is 1.01. The largest absolute Gasteiger partial charge is 0.491 e. The van der Waals surface area contributed by atoms with Crippen molar-refractivity contribution in [3.63, 3.8) is 0 Å². The van der Waals surface area contributed by atoms with E-state index < -0.39 is 29.2 Å². The van der Waals surface area contributed by atoms with Crippen molar-refractivity contribution < 1.29 is 28.3 Å². The predicted molar refractivity (Wildman–Crippen MR) is 53.7 cm³/mol. The fraction of sp³-hybridized carbons (Fsp3) is 0.250. The van der Waals surface area contributed by atoms with E-state index in [0.717, 1.165) is 6.07 Å². The van der Waals surface area contributed by atoms with Gasteiger partial charge in [-0.15, -0.1) is 0 Å². The van der Waals surface area contributed by atoms with Gasteiger partial charge in [-0.3, -0.25) is 0 Å². The second kappa shape index (κ2) is 5.45. The molecule has 0 bridgehead atoms. The second-order valence-electron chi connectivity index (χ2n) is 2.83. The topological polar surface area (TPSA) is 58.9 Å². The van der Waals surface area contributed by atoms with Gasteiger partial charge in [0, 0.05) is 12.6 Å². The van der Waals surface area contributed by atoms with E-state index in [1.807, 2.05) is 0 Å². The average molecular weight is 252 g/mol. The van der Waals surface area contributed by atoms with Crippen LogP contribution in [-0.4, -0.2) is 31.1 Å². The zero-order valence-corrected chi connectivity index (χ0v) is 8.96. The summed E-state index contributed by atoms with van der Waals surface area (Å²) in [5.74, 6) is -3.06. The first-order valence-corrected chi connectivity index (χ1v) is 4.52. The molecule has 0 fully saturated rings. The molecule has 0 aliphatic heterocycles. The molecule has 1 rings (SSSR count). The monoisotopic (exact) mass is 252 g/mol. The van der Waals surface area contributed by atoms with Crippen LogP contribution in [0.25, 0.3) is 0 Å². The van der Waals surface area contributed by atoms with E-state index in [2.05, 4.69) is 4.74 Å². The molecule has 0 unspecified atom stereocenters. The van der Waals surface area contributed by atoms with Crippen molar-refractivity contribution >= 4 is 24.2 Å². The summed E-state index contributed by atoms with van der Waals surface area (Å²) in [7, 11) is -0.827. The lowest BCUT2D eigenvalue weighted by atomic mass is 9.79. The van der Waals surface area contributed by atoms with Crippen molar-refractivity contribution in [2.45, 2.75) is 0 Å². The Balaban J connectivity index is 3.19. The van der Waals surface area contributed by atoms with Crippen LogP contribution in [-0.2, 0) is 4.74 Å². The summed E-state index contributed by atoms with van der Waals surface area (Å²) in [6.45, 7) is -0.230. The zero-order valence-electron chi connectivity index (χ0n) is 8.21. The molecule has 1 aromatic carbocycles. The fourth-order valence-corrected chi connectivity index (χ4v) is 1.21. The molecule has 0 amide bonds. The molecule has 0 radical (unpaired) electrons. The highest BCUT2D eigenvalue weighted by molar-refractivity contribution is 6.59. The number of rotatable bonds is 4. The smallest absolute Gasteiger partial charge is 0.466 e. The normalized spacial score (nSPS) is 10.4. The molecular formula is C8H8BClF2O4. The van der Waals surface area contributed by atoms with Gasteiger partial charge in [0.15, 0.2) is 18.4 Å². The number of hydrogen-bond donors (Lipinski definition) is 2. The first-order chi connectivity index (χ1) is 7.49. The summed E-state index contributed by atoms with van der Waals surface area (Å²) in [5, 5.41) is 17.0. The minimum Gasteiger partial charge on any atom is -0.466 e. The quantitative estimate of drug-likeness (QED) is 0.459. The van der Waals surface area contributed by atoms with Gasteiger partial charge < -0.3 is 19.5 Å². The van der Waals surface area contributed by atoms with E-state index in [9.17, 15) is 8.78 Å². The van der Waals surface area contributed by atoms with Crippen molar-refractivity contribution in [1.29, 1.82) is 0 Å². The molecule has 1 aromatic rings. The highest BCUT2D eigenvalue weighted by atomic mass is 35.5.